The molecular formula is C19H30Cl2O2. The maximum Gasteiger partial charge on any atom is 0.404 e. The molecule has 0 aliphatic heterocycles. The van der Waals surface area contributed by atoms with Gasteiger partial charge < -0.3 is 4.74 Å². The van der Waals surface area contributed by atoms with Crippen molar-refractivity contribution in [3.8, 4) is 0 Å². The fourth-order valence-electron chi connectivity index (χ4n) is 3.01. The zero-order valence-electron chi connectivity index (χ0n) is 14.3. The van der Waals surface area contributed by atoms with Crippen molar-refractivity contribution in [2.75, 3.05) is 0 Å². The summed E-state index contributed by atoms with van der Waals surface area (Å²) in [6.07, 6.45) is 9.30. The lowest BCUT2D eigenvalue weighted by molar-refractivity contribution is 0.0709. The summed E-state index contributed by atoms with van der Waals surface area (Å²) < 4.78 is 5.46. The minimum Gasteiger partial charge on any atom is -0.445 e. The van der Waals surface area contributed by atoms with Gasteiger partial charge in [0.2, 0.25) is 0 Å². The van der Waals surface area contributed by atoms with Crippen LogP contribution in [-0.4, -0.2) is 5.43 Å². The molecule has 4 heteroatoms. The summed E-state index contributed by atoms with van der Waals surface area (Å²) in [5, 5.41) is 0. The maximum absolute atomic E-state index is 11.3. The predicted octanol–water partition coefficient (Wildman–Crippen LogP) is 7.30. The molecule has 0 aliphatic carbocycles. The topological polar surface area (TPSA) is 26.3 Å². The summed E-state index contributed by atoms with van der Waals surface area (Å²) in [6, 6.07) is 9.97. The number of hydrogen-bond donors (Lipinski definition) is 0. The Balaban J connectivity index is 0.00000484. The fraction of sp³-hybridized carbons (Fsp3) is 0.632. The molecule has 0 saturated heterocycles. The van der Waals surface area contributed by atoms with E-state index in [0.29, 0.717) is 5.92 Å². The third-order valence-electron chi connectivity index (χ3n) is 4.11. The van der Waals surface area contributed by atoms with Gasteiger partial charge in [-0.3, -0.25) is 0 Å². The quantitative estimate of drug-likeness (QED) is 0.305. The van der Waals surface area contributed by atoms with Crippen LogP contribution in [0.4, 0.5) is 4.79 Å². The number of rotatable bonds is 11. The molecule has 0 heterocycles. The molecule has 0 N–H and O–H groups in total. The van der Waals surface area contributed by atoms with Crippen molar-refractivity contribution in [2.45, 2.75) is 71.3 Å². The monoisotopic (exact) mass is 360 g/mol. The van der Waals surface area contributed by atoms with Gasteiger partial charge in [0.1, 0.15) is 6.10 Å². The predicted molar refractivity (Wildman–Crippen MR) is 101 cm³/mol. The van der Waals surface area contributed by atoms with E-state index >= 15 is 0 Å². The van der Waals surface area contributed by atoms with Crippen LogP contribution in [0.25, 0.3) is 0 Å². The molecule has 0 spiro atoms. The van der Waals surface area contributed by atoms with E-state index in [1.54, 1.807) is 0 Å². The molecule has 2 atom stereocenters. The molecule has 0 bridgehead atoms. The van der Waals surface area contributed by atoms with Crippen molar-refractivity contribution in [3.05, 3.63) is 35.9 Å². The van der Waals surface area contributed by atoms with Gasteiger partial charge in [-0.15, -0.1) is 12.4 Å². The summed E-state index contributed by atoms with van der Waals surface area (Å²) >= 11 is 5.51. The fourth-order valence-corrected chi connectivity index (χ4v) is 3.10. The molecule has 0 fully saturated rings. The Hall–Kier alpha value is -0.730. The van der Waals surface area contributed by atoms with Crippen molar-refractivity contribution >= 4 is 29.4 Å². The molecule has 0 radical (unpaired) electrons. The average molecular weight is 361 g/mol. The third kappa shape index (κ3) is 9.22. The first-order chi connectivity index (χ1) is 10.7. The first-order valence-corrected chi connectivity index (χ1v) is 8.97. The molecular weight excluding hydrogens is 331 g/mol. The molecule has 0 amide bonds. The Morgan fingerprint density at radius 3 is 2.22 bits per heavy atom. The molecule has 1 aromatic carbocycles. The van der Waals surface area contributed by atoms with Gasteiger partial charge in [0.25, 0.3) is 0 Å². The lowest BCUT2D eigenvalue weighted by Gasteiger charge is -2.26. The zero-order valence-corrected chi connectivity index (χ0v) is 15.9. The van der Waals surface area contributed by atoms with E-state index in [2.05, 4.69) is 13.8 Å². The van der Waals surface area contributed by atoms with E-state index in [9.17, 15) is 4.79 Å². The maximum atomic E-state index is 11.3. The van der Waals surface area contributed by atoms with Crippen LogP contribution in [0.1, 0.15) is 76.9 Å². The molecule has 2 unspecified atom stereocenters. The van der Waals surface area contributed by atoms with Crippen LogP contribution in [0, 0.1) is 5.92 Å². The second-order valence-electron chi connectivity index (χ2n) is 5.94. The molecule has 0 aromatic heterocycles. The van der Waals surface area contributed by atoms with Gasteiger partial charge >= 0.3 is 5.43 Å². The zero-order chi connectivity index (χ0) is 16.2. The van der Waals surface area contributed by atoms with Crippen LogP contribution in [0.5, 0.6) is 0 Å². The Kier molecular flexibility index (Phi) is 13.3. The lowest BCUT2D eigenvalue weighted by atomic mass is 9.87. The SMILES string of the molecule is CCCCCCCC(CCC)C(OC(=O)Cl)c1ccccc1.Cl. The smallest absolute Gasteiger partial charge is 0.404 e. The van der Waals surface area contributed by atoms with E-state index in [0.717, 1.165) is 24.8 Å². The molecule has 0 aliphatic rings. The van der Waals surface area contributed by atoms with Gasteiger partial charge in [-0.1, -0.05) is 82.7 Å². The molecule has 0 saturated carbocycles. The van der Waals surface area contributed by atoms with Crippen LogP contribution >= 0.6 is 24.0 Å². The van der Waals surface area contributed by atoms with E-state index < -0.39 is 5.43 Å². The number of carbonyl (C=O) groups excluding carboxylic acids is 1. The summed E-state index contributed by atoms with van der Waals surface area (Å²) in [4.78, 5) is 11.3. The van der Waals surface area contributed by atoms with Crippen molar-refractivity contribution in [1.82, 2.24) is 0 Å². The second kappa shape index (κ2) is 13.7. The van der Waals surface area contributed by atoms with Gasteiger partial charge in [-0.2, -0.15) is 0 Å². The van der Waals surface area contributed by atoms with Crippen molar-refractivity contribution in [3.63, 3.8) is 0 Å². The number of hydrogen-bond acceptors (Lipinski definition) is 2. The van der Waals surface area contributed by atoms with E-state index in [-0.39, 0.29) is 18.5 Å². The van der Waals surface area contributed by atoms with Crippen LogP contribution < -0.4 is 0 Å². The minimum atomic E-state index is -0.707. The Morgan fingerprint density at radius 1 is 1.00 bits per heavy atom. The summed E-state index contributed by atoms with van der Waals surface area (Å²) in [6.45, 7) is 4.40. The lowest BCUT2D eigenvalue weighted by Crippen LogP contribution is -2.18. The number of ether oxygens (including phenoxy) is 1. The third-order valence-corrected chi connectivity index (χ3v) is 4.20. The van der Waals surface area contributed by atoms with Crippen LogP contribution in [0.2, 0.25) is 0 Å². The molecule has 1 aromatic rings. The van der Waals surface area contributed by atoms with E-state index in [1.807, 2.05) is 30.3 Å². The summed E-state index contributed by atoms with van der Waals surface area (Å²) in [7, 11) is 0. The highest BCUT2D eigenvalue weighted by molar-refractivity contribution is 6.61. The Bertz CT molecular complexity index is 409. The number of halogens is 2. The largest absolute Gasteiger partial charge is 0.445 e. The van der Waals surface area contributed by atoms with Crippen LogP contribution in [0.15, 0.2) is 30.3 Å². The summed E-state index contributed by atoms with van der Waals surface area (Å²) in [5.41, 5.74) is 0.337. The number of carbonyl (C=O) groups is 1. The van der Waals surface area contributed by atoms with E-state index in [4.69, 9.17) is 16.3 Å². The second-order valence-corrected chi connectivity index (χ2v) is 6.25. The average Bonchev–Trinajstić information content (AvgIpc) is 2.52. The summed E-state index contributed by atoms with van der Waals surface area (Å²) in [5.74, 6) is 0.344. The highest BCUT2D eigenvalue weighted by Gasteiger charge is 2.25. The molecule has 2 nitrogen and oxygen atoms in total. The van der Waals surface area contributed by atoms with Crippen molar-refractivity contribution in [2.24, 2.45) is 5.92 Å². The molecule has 1 rings (SSSR count). The van der Waals surface area contributed by atoms with E-state index in [1.165, 1.54) is 32.1 Å². The van der Waals surface area contributed by atoms with Gasteiger partial charge in [-0.25, -0.2) is 4.79 Å². The van der Waals surface area contributed by atoms with Crippen LogP contribution in [0.3, 0.4) is 0 Å². The Labute approximate surface area is 152 Å². The highest BCUT2D eigenvalue weighted by atomic mass is 35.5. The highest BCUT2D eigenvalue weighted by Crippen LogP contribution is 2.34. The van der Waals surface area contributed by atoms with Crippen molar-refractivity contribution < 1.29 is 9.53 Å². The van der Waals surface area contributed by atoms with Crippen molar-refractivity contribution in [1.29, 1.82) is 0 Å². The van der Waals surface area contributed by atoms with Gasteiger partial charge in [0.05, 0.1) is 0 Å². The van der Waals surface area contributed by atoms with Gasteiger partial charge in [0.15, 0.2) is 0 Å². The normalized spacial score (nSPS) is 13.0. The first-order valence-electron chi connectivity index (χ1n) is 8.60. The molecule has 132 valence electrons. The number of unbranched alkanes of at least 4 members (excludes halogenated alkanes) is 4. The standard InChI is InChI=1S/C19H29ClO2.ClH/c1-3-5-6-7-9-13-16(12-4-2)18(22-19(20)21)17-14-10-8-11-15-17;/h8,10-11,14-16,18H,3-7,9,12-13H2,1-2H3;1H. The van der Waals surface area contributed by atoms with Gasteiger partial charge in [-0.05, 0) is 18.4 Å². The van der Waals surface area contributed by atoms with Crippen LogP contribution in [-0.2, 0) is 4.74 Å². The first kappa shape index (κ1) is 22.3. The Morgan fingerprint density at radius 2 is 1.65 bits per heavy atom. The minimum absolute atomic E-state index is 0. The van der Waals surface area contributed by atoms with Gasteiger partial charge in [0, 0.05) is 17.5 Å². The number of benzene rings is 1. The molecule has 23 heavy (non-hydrogen) atoms.